The van der Waals surface area contributed by atoms with Crippen LogP contribution in [0.2, 0.25) is 10.0 Å². The molecule has 3 nitrogen and oxygen atoms in total. The van der Waals surface area contributed by atoms with Crippen LogP contribution in [0.25, 0.3) is 0 Å². The minimum Gasteiger partial charge on any atom is -0.299 e. The molecule has 34 heavy (non-hydrogen) atoms. The van der Waals surface area contributed by atoms with Gasteiger partial charge in [-0.15, -0.1) is 0 Å². The maximum atomic E-state index is 12.4. The summed E-state index contributed by atoms with van der Waals surface area (Å²) in [5.74, 6) is 0.700. The lowest BCUT2D eigenvalue weighted by atomic mass is 9.77. The Morgan fingerprint density at radius 3 is 1.76 bits per heavy atom. The third-order valence-electron chi connectivity index (χ3n) is 7.41. The number of rotatable bonds is 4. The first-order valence-corrected chi connectivity index (χ1v) is 12.6. The second-order valence-corrected chi connectivity index (χ2v) is 11.9. The van der Waals surface area contributed by atoms with Crippen LogP contribution >= 0.6 is 23.2 Å². The van der Waals surface area contributed by atoms with E-state index in [0.29, 0.717) is 23.6 Å². The molecule has 2 saturated carbocycles. The molecule has 0 radical (unpaired) electrons. The van der Waals surface area contributed by atoms with Crippen molar-refractivity contribution in [2.24, 2.45) is 22.2 Å². The highest BCUT2D eigenvalue weighted by molar-refractivity contribution is 6.30. The second-order valence-electron chi connectivity index (χ2n) is 11.0. The summed E-state index contributed by atoms with van der Waals surface area (Å²) in [5.41, 5.74) is 0.865. The number of nitriles is 1. The molecule has 180 valence electrons. The zero-order chi connectivity index (χ0) is 25.1. The zero-order valence-electron chi connectivity index (χ0n) is 20.5. The van der Waals surface area contributed by atoms with Gasteiger partial charge in [0.25, 0.3) is 0 Å². The minimum absolute atomic E-state index is 0.0763. The highest BCUT2D eigenvalue weighted by atomic mass is 35.5. The maximum Gasteiger partial charge on any atom is 0.158 e. The molecule has 0 spiro atoms. The lowest BCUT2D eigenvalue weighted by Crippen LogP contribution is -2.33. The Bertz CT molecular complexity index is 1080. The van der Waals surface area contributed by atoms with Gasteiger partial charge in [-0.2, -0.15) is 5.26 Å². The highest BCUT2D eigenvalue weighted by Gasteiger charge is 2.52. The number of carbonyl (C=O) groups excluding carboxylic acids is 2. The summed E-state index contributed by atoms with van der Waals surface area (Å²) < 4.78 is 0. The maximum absolute atomic E-state index is 12.4. The van der Waals surface area contributed by atoms with Gasteiger partial charge in [0.05, 0.1) is 6.07 Å². The molecule has 0 amide bonds. The Kier molecular flexibility index (Phi) is 7.96. The van der Waals surface area contributed by atoms with Crippen molar-refractivity contribution in [3.8, 4) is 6.07 Å². The minimum atomic E-state index is -0.850. The van der Waals surface area contributed by atoms with Gasteiger partial charge in [0.2, 0.25) is 0 Å². The van der Waals surface area contributed by atoms with E-state index in [0.717, 1.165) is 36.3 Å². The molecule has 2 unspecified atom stereocenters. The van der Waals surface area contributed by atoms with E-state index < -0.39 is 5.41 Å². The van der Waals surface area contributed by atoms with Crippen molar-refractivity contribution in [2.45, 2.75) is 66.2 Å². The molecule has 0 saturated heterocycles. The SMILES string of the molecule is CC1(C)CCC(C#N)(Cc2ccc(Cl)cc2)C1=O.CC1(C)CCC(Cc2ccc(Cl)cc2)C1=O. The lowest BCUT2D eigenvalue weighted by molar-refractivity contribution is -0.130. The number of hydrogen-bond donors (Lipinski definition) is 0. The quantitative estimate of drug-likeness (QED) is 0.435. The predicted octanol–water partition coefficient (Wildman–Crippen LogP) is 7.67. The third kappa shape index (κ3) is 5.91. The van der Waals surface area contributed by atoms with Crippen LogP contribution in [0.5, 0.6) is 0 Å². The Morgan fingerprint density at radius 1 is 0.824 bits per heavy atom. The molecular weight excluding hydrogens is 465 g/mol. The van der Waals surface area contributed by atoms with E-state index in [9.17, 15) is 14.9 Å². The molecule has 0 N–H and O–H groups in total. The van der Waals surface area contributed by atoms with E-state index >= 15 is 0 Å². The summed E-state index contributed by atoms with van der Waals surface area (Å²) in [6.45, 7) is 7.96. The van der Waals surface area contributed by atoms with E-state index in [2.05, 4.69) is 19.9 Å². The Morgan fingerprint density at radius 2 is 1.35 bits per heavy atom. The number of nitrogens with zero attached hydrogens (tertiary/aromatic N) is 1. The van der Waals surface area contributed by atoms with Crippen LogP contribution < -0.4 is 0 Å². The summed E-state index contributed by atoms with van der Waals surface area (Å²) in [5, 5.41) is 10.9. The average molecular weight is 498 g/mol. The van der Waals surface area contributed by atoms with Crippen LogP contribution in [0, 0.1) is 33.5 Å². The van der Waals surface area contributed by atoms with Crippen molar-refractivity contribution >= 4 is 34.8 Å². The average Bonchev–Trinajstić information content (AvgIpc) is 3.19. The first-order valence-electron chi connectivity index (χ1n) is 11.9. The van der Waals surface area contributed by atoms with Gasteiger partial charge in [-0.3, -0.25) is 9.59 Å². The van der Waals surface area contributed by atoms with E-state index in [-0.39, 0.29) is 22.5 Å². The lowest BCUT2D eigenvalue weighted by Gasteiger charge is -2.22. The number of Topliss-reactive ketones (excluding diaryl/α,β-unsaturated/α-hetero) is 2. The summed E-state index contributed by atoms with van der Waals surface area (Å²) in [6, 6.07) is 17.4. The fourth-order valence-electron chi connectivity index (χ4n) is 5.11. The normalized spacial score (nSPS) is 24.9. The van der Waals surface area contributed by atoms with Gasteiger partial charge < -0.3 is 0 Å². The molecule has 2 fully saturated rings. The van der Waals surface area contributed by atoms with Crippen molar-refractivity contribution in [1.29, 1.82) is 5.26 Å². The third-order valence-corrected chi connectivity index (χ3v) is 7.91. The topological polar surface area (TPSA) is 57.9 Å². The smallest absolute Gasteiger partial charge is 0.158 e. The number of hydrogen-bond acceptors (Lipinski definition) is 3. The van der Waals surface area contributed by atoms with Crippen LogP contribution in [0.15, 0.2) is 48.5 Å². The fraction of sp³-hybridized carbons (Fsp3) is 0.483. The molecule has 4 rings (SSSR count). The Labute approximate surface area is 213 Å². The van der Waals surface area contributed by atoms with Gasteiger partial charge in [0, 0.05) is 26.8 Å². The summed E-state index contributed by atoms with van der Waals surface area (Å²) >= 11 is 11.7. The molecule has 2 aliphatic carbocycles. The molecule has 2 atom stereocenters. The van der Waals surface area contributed by atoms with Crippen LogP contribution in [0.3, 0.4) is 0 Å². The summed E-state index contributed by atoms with van der Waals surface area (Å²) in [4.78, 5) is 24.5. The molecule has 2 aliphatic rings. The Hall–Kier alpha value is -2.15. The van der Waals surface area contributed by atoms with Gasteiger partial charge in [-0.05, 0) is 73.9 Å². The zero-order valence-corrected chi connectivity index (χ0v) is 22.0. The van der Waals surface area contributed by atoms with Gasteiger partial charge in [-0.1, -0.05) is 75.2 Å². The fourth-order valence-corrected chi connectivity index (χ4v) is 5.36. The van der Waals surface area contributed by atoms with Crippen molar-refractivity contribution in [3.63, 3.8) is 0 Å². The van der Waals surface area contributed by atoms with E-state index in [1.807, 2.05) is 50.2 Å². The molecule has 0 heterocycles. The second kappa shape index (κ2) is 10.2. The number of benzene rings is 2. The van der Waals surface area contributed by atoms with Gasteiger partial charge in [0.15, 0.2) is 5.78 Å². The first-order chi connectivity index (χ1) is 15.9. The molecule has 0 bridgehead atoms. The largest absolute Gasteiger partial charge is 0.299 e. The number of carbonyl (C=O) groups is 2. The summed E-state index contributed by atoms with van der Waals surface area (Å²) in [6.07, 6.45) is 4.83. The molecule has 0 aliphatic heterocycles. The molecular formula is C29H33Cl2NO2. The van der Waals surface area contributed by atoms with Crippen molar-refractivity contribution in [1.82, 2.24) is 0 Å². The van der Waals surface area contributed by atoms with E-state index in [1.54, 1.807) is 12.1 Å². The Balaban J connectivity index is 0.000000192. The monoisotopic (exact) mass is 497 g/mol. The number of ketones is 2. The van der Waals surface area contributed by atoms with Gasteiger partial charge in [-0.25, -0.2) is 0 Å². The standard InChI is InChI=1S/C15H16ClNO.C14H17ClO/c1-14(2)7-8-15(10-17,13(14)18)9-11-3-5-12(16)6-4-11;1-14(2)8-7-11(13(14)16)9-10-3-5-12(15)6-4-10/h3-6H,7-9H2,1-2H3;3-6,11H,7-9H2,1-2H3. The van der Waals surface area contributed by atoms with Crippen molar-refractivity contribution < 1.29 is 9.59 Å². The van der Waals surface area contributed by atoms with Crippen LogP contribution in [-0.2, 0) is 22.4 Å². The number of halogens is 2. The van der Waals surface area contributed by atoms with Crippen molar-refractivity contribution in [2.75, 3.05) is 0 Å². The molecule has 2 aromatic rings. The van der Waals surface area contributed by atoms with Gasteiger partial charge >= 0.3 is 0 Å². The first kappa shape index (κ1) is 26.5. The van der Waals surface area contributed by atoms with Crippen LogP contribution in [-0.4, -0.2) is 11.6 Å². The van der Waals surface area contributed by atoms with E-state index in [1.165, 1.54) is 5.56 Å². The molecule has 2 aromatic carbocycles. The van der Waals surface area contributed by atoms with Gasteiger partial charge in [0.1, 0.15) is 11.2 Å². The molecule has 0 aromatic heterocycles. The van der Waals surface area contributed by atoms with Crippen molar-refractivity contribution in [3.05, 3.63) is 69.7 Å². The van der Waals surface area contributed by atoms with E-state index in [4.69, 9.17) is 23.2 Å². The van der Waals surface area contributed by atoms with Crippen LogP contribution in [0.1, 0.15) is 64.5 Å². The van der Waals surface area contributed by atoms with Crippen LogP contribution in [0.4, 0.5) is 0 Å². The summed E-state index contributed by atoms with van der Waals surface area (Å²) in [7, 11) is 0. The molecule has 5 heteroatoms. The predicted molar refractivity (Wildman–Crippen MR) is 138 cm³/mol. The highest BCUT2D eigenvalue weighted by Crippen LogP contribution is 2.47.